The molecule has 2 amide bonds. The van der Waals surface area contributed by atoms with E-state index in [1.54, 1.807) is 17.4 Å². The number of amides is 2. The third-order valence-electron chi connectivity index (χ3n) is 3.10. The second-order valence-electron chi connectivity index (χ2n) is 5.03. The van der Waals surface area contributed by atoms with Crippen molar-refractivity contribution < 1.29 is 9.59 Å². The van der Waals surface area contributed by atoms with Gasteiger partial charge in [0, 0.05) is 28.4 Å². The number of nitrogens with one attached hydrogen (secondary N) is 2. The molecule has 0 saturated carbocycles. The van der Waals surface area contributed by atoms with Crippen molar-refractivity contribution in [2.75, 3.05) is 5.32 Å². The van der Waals surface area contributed by atoms with Crippen LogP contribution in [0.25, 0.3) is 10.6 Å². The van der Waals surface area contributed by atoms with Crippen LogP contribution in [-0.2, 0) is 11.3 Å². The summed E-state index contributed by atoms with van der Waals surface area (Å²) >= 11 is 8.74. The topological polar surface area (TPSA) is 84.0 Å². The fourth-order valence-electron chi connectivity index (χ4n) is 1.96. The highest BCUT2D eigenvalue weighted by atomic mass is 35.5. The summed E-state index contributed by atoms with van der Waals surface area (Å²) in [6.45, 7) is 1.98. The standard InChI is InChI=1S/C16H13ClN4O2S2/c1-9(22)19-7-11-2-3-14(25-11)13-8-24-16(20-13)21-15(23)12-6-10(17)4-5-18-12/h2-6,8H,7H2,1H3,(H,19,22)(H,20,21,23). The first-order valence-electron chi connectivity index (χ1n) is 7.23. The Morgan fingerprint density at radius 3 is 2.88 bits per heavy atom. The number of thiazole rings is 1. The number of aromatic nitrogens is 2. The van der Waals surface area contributed by atoms with Crippen molar-refractivity contribution in [3.05, 3.63) is 51.4 Å². The molecule has 0 spiro atoms. The normalized spacial score (nSPS) is 10.5. The Bertz CT molecular complexity index is 922. The van der Waals surface area contributed by atoms with Gasteiger partial charge in [0.2, 0.25) is 5.91 Å². The van der Waals surface area contributed by atoms with Crippen LogP contribution in [0.4, 0.5) is 5.13 Å². The van der Waals surface area contributed by atoms with Gasteiger partial charge in [-0.25, -0.2) is 4.98 Å². The zero-order valence-corrected chi connectivity index (χ0v) is 15.5. The molecule has 3 heterocycles. The molecule has 0 fully saturated rings. The Kier molecular flexibility index (Phi) is 5.42. The van der Waals surface area contributed by atoms with Crippen LogP contribution in [0.2, 0.25) is 5.02 Å². The van der Waals surface area contributed by atoms with Crippen LogP contribution in [0.15, 0.2) is 35.8 Å². The number of hydrogen-bond acceptors (Lipinski definition) is 6. The van der Waals surface area contributed by atoms with Crippen molar-refractivity contribution in [3.63, 3.8) is 0 Å². The van der Waals surface area contributed by atoms with E-state index in [2.05, 4.69) is 20.6 Å². The molecule has 0 aromatic carbocycles. The van der Waals surface area contributed by atoms with Gasteiger partial charge in [-0.05, 0) is 24.3 Å². The molecule has 0 aliphatic carbocycles. The SMILES string of the molecule is CC(=O)NCc1ccc(-c2csc(NC(=O)c3cc(Cl)ccn3)n2)s1. The largest absolute Gasteiger partial charge is 0.351 e. The molecule has 0 bridgehead atoms. The third kappa shape index (κ3) is 4.62. The first kappa shape index (κ1) is 17.5. The number of thiophene rings is 1. The molecule has 6 nitrogen and oxygen atoms in total. The summed E-state index contributed by atoms with van der Waals surface area (Å²) in [5.41, 5.74) is 1.01. The molecule has 0 aliphatic rings. The van der Waals surface area contributed by atoms with Gasteiger partial charge in [0.05, 0.1) is 17.1 Å². The second kappa shape index (κ2) is 7.73. The van der Waals surface area contributed by atoms with Gasteiger partial charge < -0.3 is 5.32 Å². The Balaban J connectivity index is 1.68. The quantitative estimate of drug-likeness (QED) is 0.691. The van der Waals surface area contributed by atoms with Crippen LogP contribution >= 0.6 is 34.3 Å². The summed E-state index contributed by atoms with van der Waals surface area (Å²) in [4.78, 5) is 33.5. The molecule has 3 aromatic rings. The average molecular weight is 393 g/mol. The highest BCUT2D eigenvalue weighted by Crippen LogP contribution is 2.31. The van der Waals surface area contributed by atoms with Gasteiger partial charge in [0.15, 0.2) is 5.13 Å². The smallest absolute Gasteiger partial charge is 0.276 e. The van der Waals surface area contributed by atoms with Gasteiger partial charge in [-0.1, -0.05) is 11.6 Å². The van der Waals surface area contributed by atoms with E-state index in [4.69, 9.17) is 11.6 Å². The fraction of sp³-hybridized carbons (Fsp3) is 0.125. The van der Waals surface area contributed by atoms with Crippen molar-refractivity contribution in [2.45, 2.75) is 13.5 Å². The van der Waals surface area contributed by atoms with Gasteiger partial charge in [-0.15, -0.1) is 22.7 Å². The van der Waals surface area contributed by atoms with E-state index in [1.807, 2.05) is 17.5 Å². The number of carbonyl (C=O) groups is 2. The minimum atomic E-state index is -0.360. The number of nitrogens with zero attached hydrogens (tertiary/aromatic N) is 2. The summed E-state index contributed by atoms with van der Waals surface area (Å²) < 4.78 is 0. The second-order valence-corrected chi connectivity index (χ2v) is 7.49. The summed E-state index contributed by atoms with van der Waals surface area (Å²) in [6, 6.07) is 7.00. The van der Waals surface area contributed by atoms with Crippen LogP contribution in [0.3, 0.4) is 0 Å². The van der Waals surface area contributed by atoms with Crippen molar-refractivity contribution in [2.24, 2.45) is 0 Å². The number of anilines is 1. The lowest BCUT2D eigenvalue weighted by atomic mass is 10.3. The molecule has 3 rings (SSSR count). The lowest BCUT2D eigenvalue weighted by Crippen LogP contribution is -2.17. The number of rotatable bonds is 5. The Morgan fingerprint density at radius 2 is 2.12 bits per heavy atom. The minimum Gasteiger partial charge on any atom is -0.351 e. The average Bonchev–Trinajstić information content (AvgIpc) is 3.22. The van der Waals surface area contributed by atoms with Gasteiger partial charge in [-0.3, -0.25) is 19.9 Å². The maximum Gasteiger partial charge on any atom is 0.276 e. The van der Waals surface area contributed by atoms with Gasteiger partial charge >= 0.3 is 0 Å². The van der Waals surface area contributed by atoms with Crippen LogP contribution < -0.4 is 10.6 Å². The predicted molar refractivity (Wildman–Crippen MR) is 100 cm³/mol. The molecular formula is C16H13ClN4O2S2. The van der Waals surface area contributed by atoms with Crippen LogP contribution in [0.5, 0.6) is 0 Å². The molecule has 0 saturated heterocycles. The Hall–Kier alpha value is -2.29. The number of carbonyl (C=O) groups excluding carboxylic acids is 2. The Morgan fingerprint density at radius 1 is 1.28 bits per heavy atom. The van der Waals surface area contributed by atoms with Gasteiger partial charge in [0.1, 0.15) is 5.69 Å². The van der Waals surface area contributed by atoms with Crippen molar-refractivity contribution in [3.8, 4) is 10.6 Å². The molecule has 0 aliphatic heterocycles. The maximum atomic E-state index is 12.2. The lowest BCUT2D eigenvalue weighted by molar-refractivity contribution is -0.119. The molecule has 128 valence electrons. The summed E-state index contributed by atoms with van der Waals surface area (Å²) in [5.74, 6) is -0.427. The molecule has 0 radical (unpaired) electrons. The van der Waals surface area contributed by atoms with Crippen molar-refractivity contribution in [1.29, 1.82) is 0 Å². The molecule has 0 unspecified atom stereocenters. The predicted octanol–water partition coefficient (Wildman–Crippen LogP) is 3.81. The Labute approximate surface area is 156 Å². The maximum absolute atomic E-state index is 12.2. The van der Waals surface area contributed by atoms with E-state index in [9.17, 15) is 9.59 Å². The summed E-state index contributed by atoms with van der Waals surface area (Å²) in [5, 5.41) is 8.28. The molecule has 3 aromatic heterocycles. The van der Waals surface area contributed by atoms with Crippen LogP contribution in [-0.4, -0.2) is 21.8 Å². The number of pyridine rings is 1. The van der Waals surface area contributed by atoms with Gasteiger partial charge in [-0.2, -0.15) is 0 Å². The monoisotopic (exact) mass is 392 g/mol. The third-order valence-corrected chi connectivity index (χ3v) is 5.21. The van der Waals surface area contributed by atoms with E-state index in [0.717, 1.165) is 15.4 Å². The highest BCUT2D eigenvalue weighted by Gasteiger charge is 2.12. The molecule has 2 N–H and O–H groups in total. The first-order valence-corrected chi connectivity index (χ1v) is 9.30. The molecule has 25 heavy (non-hydrogen) atoms. The van der Waals surface area contributed by atoms with E-state index in [-0.39, 0.29) is 17.5 Å². The first-order chi connectivity index (χ1) is 12.0. The molecule has 9 heteroatoms. The van der Waals surface area contributed by atoms with Gasteiger partial charge in [0.25, 0.3) is 5.91 Å². The zero-order chi connectivity index (χ0) is 17.8. The van der Waals surface area contributed by atoms with Crippen molar-refractivity contribution >= 4 is 51.2 Å². The van der Waals surface area contributed by atoms with E-state index < -0.39 is 0 Å². The summed E-state index contributed by atoms with van der Waals surface area (Å²) in [7, 11) is 0. The molecule has 0 atom stereocenters. The fourth-order valence-corrected chi connectivity index (χ4v) is 3.80. The molecular weight excluding hydrogens is 380 g/mol. The zero-order valence-electron chi connectivity index (χ0n) is 13.1. The minimum absolute atomic E-state index is 0.0665. The summed E-state index contributed by atoms with van der Waals surface area (Å²) in [6.07, 6.45) is 1.48. The lowest BCUT2D eigenvalue weighted by Gasteiger charge is -2.00. The van der Waals surface area contributed by atoms with Crippen LogP contribution in [0.1, 0.15) is 22.3 Å². The van der Waals surface area contributed by atoms with E-state index >= 15 is 0 Å². The highest BCUT2D eigenvalue weighted by molar-refractivity contribution is 7.17. The van der Waals surface area contributed by atoms with E-state index in [1.165, 1.54) is 30.5 Å². The number of hydrogen-bond donors (Lipinski definition) is 2. The van der Waals surface area contributed by atoms with E-state index in [0.29, 0.717) is 16.7 Å². The number of halogens is 1. The van der Waals surface area contributed by atoms with Crippen LogP contribution in [0, 0.1) is 0 Å². The van der Waals surface area contributed by atoms with Crippen molar-refractivity contribution in [1.82, 2.24) is 15.3 Å².